The van der Waals surface area contributed by atoms with Gasteiger partial charge >= 0.3 is 6.03 Å². The summed E-state index contributed by atoms with van der Waals surface area (Å²) in [5, 5.41) is 9.09. The Balaban J connectivity index is 2.48. The average Bonchev–Trinajstić information content (AvgIpc) is 2.55. The Labute approximate surface area is 99.4 Å². The van der Waals surface area contributed by atoms with Crippen LogP contribution in [0.1, 0.15) is 18.2 Å². The summed E-state index contributed by atoms with van der Waals surface area (Å²) < 4.78 is 1.76. The van der Waals surface area contributed by atoms with Crippen molar-refractivity contribution in [3.63, 3.8) is 0 Å². The van der Waals surface area contributed by atoms with Gasteiger partial charge in [0.25, 0.3) is 0 Å². The van der Waals surface area contributed by atoms with E-state index in [9.17, 15) is 9.59 Å². The zero-order valence-electron chi connectivity index (χ0n) is 10.2. The fourth-order valence-corrected chi connectivity index (χ4v) is 1.30. The molecule has 0 spiro atoms. The maximum atomic E-state index is 11.4. The lowest BCUT2D eigenvalue weighted by atomic mass is 10.2. The molecule has 1 rings (SSSR count). The molecule has 0 saturated carbocycles. The van der Waals surface area contributed by atoms with E-state index in [-0.39, 0.29) is 0 Å². The van der Waals surface area contributed by atoms with E-state index in [0.717, 1.165) is 11.3 Å². The fraction of sp³-hybridized carbons (Fsp3) is 0.500. The monoisotopic (exact) mass is 239 g/mol. The van der Waals surface area contributed by atoms with E-state index in [1.54, 1.807) is 17.8 Å². The van der Waals surface area contributed by atoms with Crippen LogP contribution in [0.4, 0.5) is 4.79 Å². The molecule has 4 N–H and O–H groups in total. The summed E-state index contributed by atoms with van der Waals surface area (Å²) in [4.78, 5) is 21.9. The van der Waals surface area contributed by atoms with Crippen LogP contribution in [-0.2, 0) is 18.4 Å². The Morgan fingerprint density at radius 2 is 2.24 bits per heavy atom. The predicted molar refractivity (Wildman–Crippen MR) is 62.0 cm³/mol. The van der Waals surface area contributed by atoms with Gasteiger partial charge in [0.15, 0.2) is 0 Å². The second kappa shape index (κ2) is 5.44. The maximum Gasteiger partial charge on any atom is 0.318 e. The smallest absolute Gasteiger partial charge is 0.318 e. The number of primary amides is 1. The van der Waals surface area contributed by atoms with E-state index in [0.29, 0.717) is 6.54 Å². The third-order valence-electron chi connectivity index (χ3n) is 2.58. The van der Waals surface area contributed by atoms with Crippen LogP contribution in [0.15, 0.2) is 6.20 Å². The predicted octanol–water partition coefficient (Wildman–Crippen LogP) is -0.598. The van der Waals surface area contributed by atoms with Crippen molar-refractivity contribution in [2.45, 2.75) is 26.4 Å². The molecule has 0 aliphatic heterocycles. The Morgan fingerprint density at radius 3 is 2.71 bits per heavy atom. The van der Waals surface area contributed by atoms with Gasteiger partial charge in [-0.15, -0.1) is 0 Å². The number of hydrogen-bond acceptors (Lipinski definition) is 4. The quantitative estimate of drug-likeness (QED) is 0.653. The fourth-order valence-electron chi connectivity index (χ4n) is 1.30. The van der Waals surface area contributed by atoms with Crippen molar-refractivity contribution >= 4 is 11.9 Å². The van der Waals surface area contributed by atoms with E-state index < -0.39 is 18.0 Å². The number of carbonyl (C=O) groups excluding carboxylic acids is 2. The lowest BCUT2D eigenvalue weighted by molar-refractivity contribution is -0.121. The molecular weight excluding hydrogens is 222 g/mol. The molecule has 0 saturated heterocycles. The molecule has 1 aromatic heterocycles. The number of aromatic nitrogens is 2. The van der Waals surface area contributed by atoms with Crippen molar-refractivity contribution in [3.05, 3.63) is 17.5 Å². The lowest BCUT2D eigenvalue weighted by Gasteiger charge is -2.12. The summed E-state index contributed by atoms with van der Waals surface area (Å²) in [6.45, 7) is 4.11. The van der Waals surface area contributed by atoms with Crippen LogP contribution in [0, 0.1) is 6.92 Å². The first-order chi connectivity index (χ1) is 7.91. The number of nitrogens with two attached hydrogens (primary N) is 1. The number of carbonyl (C=O) groups is 2. The number of urea groups is 1. The number of hydrogen-bond donors (Lipinski definition) is 3. The molecule has 94 valence electrons. The van der Waals surface area contributed by atoms with E-state index in [1.165, 1.54) is 0 Å². The topological polar surface area (TPSA) is 102 Å². The minimum Gasteiger partial charge on any atom is -0.351 e. The third kappa shape index (κ3) is 3.56. The molecule has 1 aromatic rings. The zero-order chi connectivity index (χ0) is 13.0. The van der Waals surface area contributed by atoms with Crippen LogP contribution in [0.2, 0.25) is 0 Å². The van der Waals surface area contributed by atoms with Gasteiger partial charge in [-0.25, -0.2) is 4.79 Å². The molecule has 0 aromatic carbocycles. The van der Waals surface area contributed by atoms with Gasteiger partial charge < -0.3 is 11.1 Å². The molecule has 7 nitrogen and oxygen atoms in total. The first-order valence-electron chi connectivity index (χ1n) is 5.23. The summed E-state index contributed by atoms with van der Waals surface area (Å²) in [6.07, 6.45) is 1.74. The molecule has 7 heteroatoms. The van der Waals surface area contributed by atoms with E-state index in [4.69, 9.17) is 5.73 Å². The number of imide groups is 1. The van der Waals surface area contributed by atoms with Crippen LogP contribution in [0.25, 0.3) is 0 Å². The van der Waals surface area contributed by atoms with Gasteiger partial charge in [0.1, 0.15) is 0 Å². The SMILES string of the molecule is Cc1c(CNC(C)C(=O)NC(N)=O)cnn1C. The number of aryl methyl sites for hydroxylation is 1. The summed E-state index contributed by atoms with van der Waals surface area (Å²) >= 11 is 0. The molecule has 0 aliphatic carbocycles. The summed E-state index contributed by atoms with van der Waals surface area (Å²) in [6, 6.07) is -1.34. The van der Waals surface area contributed by atoms with Gasteiger partial charge in [-0.2, -0.15) is 5.10 Å². The molecule has 0 fully saturated rings. The highest BCUT2D eigenvalue weighted by atomic mass is 16.2. The van der Waals surface area contributed by atoms with Gasteiger partial charge in [0, 0.05) is 24.8 Å². The maximum absolute atomic E-state index is 11.4. The largest absolute Gasteiger partial charge is 0.351 e. The van der Waals surface area contributed by atoms with Gasteiger partial charge in [0.2, 0.25) is 5.91 Å². The molecular formula is C10H17N5O2. The summed E-state index contributed by atoms with van der Waals surface area (Å²) in [5.74, 6) is -0.445. The van der Waals surface area contributed by atoms with Crippen molar-refractivity contribution in [2.24, 2.45) is 12.8 Å². The van der Waals surface area contributed by atoms with Crippen LogP contribution in [0.3, 0.4) is 0 Å². The normalized spacial score (nSPS) is 12.2. The standard InChI is InChI=1S/C10H17N5O2/c1-6(9(16)14-10(11)17)12-4-8-5-13-15(3)7(8)2/h5-6,12H,4H2,1-3H3,(H3,11,14,16,17). The van der Waals surface area contributed by atoms with Crippen LogP contribution in [0.5, 0.6) is 0 Å². The molecule has 3 amide bonds. The van der Waals surface area contributed by atoms with Crippen molar-refractivity contribution < 1.29 is 9.59 Å². The van der Waals surface area contributed by atoms with Crippen molar-refractivity contribution in [1.82, 2.24) is 20.4 Å². The van der Waals surface area contributed by atoms with Crippen molar-refractivity contribution in [3.8, 4) is 0 Å². The van der Waals surface area contributed by atoms with Gasteiger partial charge in [-0.05, 0) is 13.8 Å². The van der Waals surface area contributed by atoms with Crippen molar-refractivity contribution in [1.29, 1.82) is 0 Å². The Hall–Kier alpha value is -1.89. The van der Waals surface area contributed by atoms with Crippen molar-refractivity contribution in [2.75, 3.05) is 0 Å². The second-order valence-electron chi connectivity index (χ2n) is 3.83. The number of nitrogens with one attached hydrogen (secondary N) is 2. The minimum absolute atomic E-state index is 0.445. The molecule has 1 heterocycles. The van der Waals surface area contributed by atoms with Crippen LogP contribution < -0.4 is 16.4 Å². The highest BCUT2D eigenvalue weighted by Gasteiger charge is 2.14. The second-order valence-corrected chi connectivity index (χ2v) is 3.83. The molecule has 0 aliphatic rings. The lowest BCUT2D eigenvalue weighted by Crippen LogP contribution is -2.46. The Bertz CT molecular complexity index is 426. The number of rotatable bonds is 4. The zero-order valence-corrected chi connectivity index (χ0v) is 10.2. The molecule has 0 bridgehead atoms. The van der Waals surface area contributed by atoms with E-state index in [2.05, 4.69) is 10.4 Å². The first kappa shape index (κ1) is 13.2. The third-order valence-corrected chi connectivity index (χ3v) is 2.58. The highest BCUT2D eigenvalue weighted by Crippen LogP contribution is 2.04. The number of nitrogens with zero attached hydrogens (tertiary/aromatic N) is 2. The summed E-state index contributed by atoms with van der Waals surface area (Å²) in [5.41, 5.74) is 6.89. The minimum atomic E-state index is -0.846. The average molecular weight is 239 g/mol. The van der Waals surface area contributed by atoms with E-state index in [1.807, 2.05) is 19.3 Å². The van der Waals surface area contributed by atoms with Gasteiger partial charge in [0.05, 0.1) is 12.2 Å². The van der Waals surface area contributed by atoms with Gasteiger partial charge in [-0.3, -0.25) is 14.8 Å². The molecule has 1 unspecified atom stereocenters. The van der Waals surface area contributed by atoms with E-state index >= 15 is 0 Å². The summed E-state index contributed by atoms with van der Waals surface area (Å²) in [7, 11) is 1.85. The number of amides is 3. The Morgan fingerprint density at radius 1 is 1.59 bits per heavy atom. The highest BCUT2D eigenvalue weighted by molar-refractivity contribution is 5.96. The Kier molecular flexibility index (Phi) is 4.22. The van der Waals surface area contributed by atoms with Crippen LogP contribution in [-0.4, -0.2) is 27.8 Å². The first-order valence-corrected chi connectivity index (χ1v) is 5.23. The van der Waals surface area contributed by atoms with Gasteiger partial charge in [-0.1, -0.05) is 0 Å². The van der Waals surface area contributed by atoms with Crippen LogP contribution >= 0.6 is 0 Å². The molecule has 0 radical (unpaired) electrons. The molecule has 1 atom stereocenters. The molecule has 17 heavy (non-hydrogen) atoms.